The number of hydrogen-bond acceptors (Lipinski definition) is 2. The molecule has 0 atom stereocenters. The number of halogens is 2. The van der Waals surface area contributed by atoms with Gasteiger partial charge in [-0.2, -0.15) is 0 Å². The summed E-state index contributed by atoms with van der Waals surface area (Å²) in [6, 6.07) is 13.3. The first kappa shape index (κ1) is 16.7. The van der Waals surface area contributed by atoms with Crippen molar-refractivity contribution in [2.45, 2.75) is 38.0 Å². The fraction of sp³-hybridized carbons (Fsp3) is 0.400. The number of alkyl halides is 2. The van der Waals surface area contributed by atoms with Crippen LogP contribution in [-0.2, 0) is 0 Å². The molecule has 4 heteroatoms. The molecule has 1 aliphatic carbocycles. The Morgan fingerprint density at radius 2 is 1.46 bits per heavy atom. The summed E-state index contributed by atoms with van der Waals surface area (Å²) < 4.78 is 35.1. The van der Waals surface area contributed by atoms with Crippen LogP contribution in [-0.4, -0.2) is 13.7 Å². The molecule has 0 unspecified atom stereocenters. The van der Waals surface area contributed by atoms with Crippen LogP contribution in [0.1, 0.15) is 43.6 Å². The molecule has 0 bridgehead atoms. The third kappa shape index (κ3) is 3.86. The maximum atomic E-state index is 12.6. The van der Waals surface area contributed by atoms with Gasteiger partial charge in [-0.05, 0) is 47.6 Å². The molecule has 0 N–H and O–H groups in total. The molecule has 0 aliphatic heterocycles. The molecule has 0 amide bonds. The van der Waals surface area contributed by atoms with Crippen molar-refractivity contribution in [1.29, 1.82) is 0 Å². The number of ether oxygens (including phenoxy) is 2. The van der Waals surface area contributed by atoms with Gasteiger partial charge in [0.05, 0.1) is 0 Å². The van der Waals surface area contributed by atoms with Gasteiger partial charge in [0.25, 0.3) is 0 Å². The van der Waals surface area contributed by atoms with Crippen LogP contribution in [0.25, 0.3) is 11.1 Å². The Bertz CT molecular complexity index is 642. The van der Waals surface area contributed by atoms with E-state index in [0.717, 1.165) is 11.1 Å². The minimum absolute atomic E-state index is 0.344. The third-order valence-corrected chi connectivity index (χ3v) is 4.64. The van der Waals surface area contributed by atoms with Crippen molar-refractivity contribution < 1.29 is 18.3 Å². The van der Waals surface area contributed by atoms with E-state index in [1.165, 1.54) is 43.7 Å². The van der Waals surface area contributed by atoms with Gasteiger partial charge in [-0.15, -0.1) is 0 Å². The van der Waals surface area contributed by atoms with E-state index in [1.54, 1.807) is 12.1 Å². The van der Waals surface area contributed by atoms with Gasteiger partial charge in [0, 0.05) is 6.07 Å². The summed E-state index contributed by atoms with van der Waals surface area (Å²) in [5.74, 6) is 1.22. The molecule has 0 aromatic heterocycles. The maximum absolute atomic E-state index is 12.6. The molecule has 2 nitrogen and oxygen atoms in total. The molecule has 1 aliphatic rings. The van der Waals surface area contributed by atoms with E-state index in [4.69, 9.17) is 9.47 Å². The van der Waals surface area contributed by atoms with Crippen LogP contribution < -0.4 is 9.47 Å². The highest BCUT2D eigenvalue weighted by Gasteiger charge is 2.19. The molecule has 0 heterocycles. The summed E-state index contributed by atoms with van der Waals surface area (Å²) in [4.78, 5) is 0. The maximum Gasteiger partial charge on any atom is 0.228 e. The van der Waals surface area contributed by atoms with Crippen molar-refractivity contribution >= 4 is 0 Å². The molecule has 0 spiro atoms. The van der Waals surface area contributed by atoms with E-state index in [-0.39, 0.29) is 0 Å². The molecular weight excluding hydrogens is 310 g/mol. The van der Waals surface area contributed by atoms with Crippen molar-refractivity contribution in [2.24, 2.45) is 0 Å². The monoisotopic (exact) mass is 332 g/mol. The lowest BCUT2D eigenvalue weighted by molar-refractivity contribution is 0.182. The topological polar surface area (TPSA) is 18.5 Å². The van der Waals surface area contributed by atoms with Crippen molar-refractivity contribution in [1.82, 2.24) is 0 Å². The van der Waals surface area contributed by atoms with Crippen molar-refractivity contribution in [3.8, 4) is 22.6 Å². The van der Waals surface area contributed by atoms with Gasteiger partial charge in [0.2, 0.25) is 13.7 Å². The first-order chi connectivity index (χ1) is 11.8. The zero-order valence-corrected chi connectivity index (χ0v) is 13.6. The molecule has 1 saturated carbocycles. The molecule has 24 heavy (non-hydrogen) atoms. The molecule has 2 aromatic carbocycles. The summed E-state index contributed by atoms with van der Waals surface area (Å²) in [6.45, 7) is -1.86. The van der Waals surface area contributed by atoms with E-state index < -0.39 is 13.7 Å². The van der Waals surface area contributed by atoms with Crippen molar-refractivity contribution in [2.75, 3.05) is 13.7 Å². The predicted molar refractivity (Wildman–Crippen MR) is 90.9 cm³/mol. The standard InChI is InChI=1S/C20H22F2O2/c21-13-23-17-10-16(11-18(12-17)24-14-22)20-9-5-4-8-19(20)15-6-2-1-3-7-15/h4-5,8-12,15H,1-3,6-7,13-14H2. The van der Waals surface area contributed by atoms with Crippen LogP contribution in [0.3, 0.4) is 0 Å². The molecule has 0 radical (unpaired) electrons. The van der Waals surface area contributed by atoms with Gasteiger partial charge in [-0.25, -0.2) is 8.78 Å². The fourth-order valence-electron chi connectivity index (χ4n) is 3.55. The van der Waals surface area contributed by atoms with Gasteiger partial charge in [0.1, 0.15) is 11.5 Å². The van der Waals surface area contributed by atoms with E-state index in [2.05, 4.69) is 12.1 Å². The summed E-state index contributed by atoms with van der Waals surface area (Å²) in [5, 5.41) is 0. The lowest BCUT2D eigenvalue weighted by Crippen LogP contribution is -2.06. The zero-order valence-electron chi connectivity index (χ0n) is 13.6. The Kier molecular flexibility index (Phi) is 5.68. The second kappa shape index (κ2) is 8.13. The first-order valence-corrected chi connectivity index (χ1v) is 8.43. The van der Waals surface area contributed by atoms with Crippen molar-refractivity contribution in [3.63, 3.8) is 0 Å². The second-order valence-corrected chi connectivity index (χ2v) is 6.12. The molecule has 128 valence electrons. The Balaban J connectivity index is 2.01. The van der Waals surface area contributed by atoms with Crippen LogP contribution in [0.15, 0.2) is 42.5 Å². The quantitative estimate of drug-likeness (QED) is 0.644. The third-order valence-electron chi connectivity index (χ3n) is 4.64. The summed E-state index contributed by atoms with van der Waals surface area (Å²) in [6.07, 6.45) is 6.17. The van der Waals surface area contributed by atoms with E-state index in [0.29, 0.717) is 17.4 Å². The lowest BCUT2D eigenvalue weighted by atomic mass is 9.81. The predicted octanol–water partition coefficient (Wildman–Crippen LogP) is 6.01. The highest BCUT2D eigenvalue weighted by Crippen LogP contribution is 2.39. The van der Waals surface area contributed by atoms with Gasteiger partial charge >= 0.3 is 0 Å². The average Bonchev–Trinajstić information content (AvgIpc) is 2.63. The second-order valence-electron chi connectivity index (χ2n) is 6.12. The molecule has 3 rings (SSSR count). The van der Waals surface area contributed by atoms with Crippen LogP contribution in [0.5, 0.6) is 11.5 Å². The van der Waals surface area contributed by atoms with Crippen LogP contribution in [0, 0.1) is 0 Å². The largest absolute Gasteiger partial charge is 0.463 e. The number of rotatable bonds is 6. The minimum atomic E-state index is -0.928. The summed E-state index contributed by atoms with van der Waals surface area (Å²) in [5.41, 5.74) is 3.24. The van der Waals surface area contributed by atoms with Gasteiger partial charge in [-0.1, -0.05) is 43.5 Å². The zero-order chi connectivity index (χ0) is 16.8. The normalized spacial score (nSPS) is 15.2. The SMILES string of the molecule is FCOc1cc(OCF)cc(-c2ccccc2C2CCCCC2)c1. The molecule has 2 aromatic rings. The van der Waals surface area contributed by atoms with Crippen molar-refractivity contribution in [3.05, 3.63) is 48.0 Å². The van der Waals surface area contributed by atoms with E-state index >= 15 is 0 Å². The fourth-order valence-corrected chi connectivity index (χ4v) is 3.55. The Morgan fingerprint density at radius 1 is 0.833 bits per heavy atom. The average molecular weight is 332 g/mol. The highest BCUT2D eigenvalue weighted by atomic mass is 19.1. The molecule has 1 fully saturated rings. The van der Waals surface area contributed by atoms with Crippen LogP contribution >= 0.6 is 0 Å². The summed E-state index contributed by atoms with van der Waals surface area (Å²) >= 11 is 0. The van der Waals surface area contributed by atoms with Gasteiger partial charge in [0.15, 0.2) is 0 Å². The molecule has 0 saturated heterocycles. The molecular formula is C20H22F2O2. The lowest BCUT2D eigenvalue weighted by Gasteiger charge is -2.24. The first-order valence-electron chi connectivity index (χ1n) is 8.43. The van der Waals surface area contributed by atoms with E-state index in [9.17, 15) is 8.78 Å². The Hall–Kier alpha value is -2.10. The number of benzene rings is 2. The van der Waals surface area contributed by atoms with Crippen LogP contribution in [0.4, 0.5) is 8.78 Å². The Morgan fingerprint density at radius 3 is 2.08 bits per heavy atom. The van der Waals surface area contributed by atoms with Gasteiger partial charge < -0.3 is 9.47 Å². The van der Waals surface area contributed by atoms with E-state index in [1.807, 2.05) is 12.1 Å². The minimum Gasteiger partial charge on any atom is -0.463 e. The Labute approximate surface area is 141 Å². The smallest absolute Gasteiger partial charge is 0.228 e. The van der Waals surface area contributed by atoms with Gasteiger partial charge in [-0.3, -0.25) is 0 Å². The van der Waals surface area contributed by atoms with Crippen LogP contribution in [0.2, 0.25) is 0 Å². The summed E-state index contributed by atoms with van der Waals surface area (Å²) in [7, 11) is 0. The number of hydrogen-bond donors (Lipinski definition) is 0. The highest BCUT2D eigenvalue weighted by molar-refractivity contribution is 5.71.